The predicted molar refractivity (Wildman–Crippen MR) is 47.3 cm³/mol. The van der Waals surface area contributed by atoms with Crippen LogP contribution >= 0.6 is 8.58 Å². The summed E-state index contributed by atoms with van der Waals surface area (Å²) in [6.45, 7) is 6.33. The van der Waals surface area contributed by atoms with E-state index < -0.39 is 0 Å². The first kappa shape index (κ1) is 8.54. The summed E-state index contributed by atoms with van der Waals surface area (Å²) < 4.78 is 6.59. The Labute approximate surface area is 67.1 Å². The molecule has 4 heteroatoms. The van der Waals surface area contributed by atoms with Gasteiger partial charge in [0, 0.05) is 0 Å². The number of rotatable bonds is 2. The van der Waals surface area contributed by atoms with E-state index in [-0.39, 0.29) is 5.56 Å². The van der Waals surface area contributed by atoms with E-state index >= 15 is 0 Å². The van der Waals surface area contributed by atoms with Gasteiger partial charge in [0.1, 0.15) is 5.76 Å². The van der Waals surface area contributed by atoms with Gasteiger partial charge in [0.05, 0.1) is 11.8 Å². The van der Waals surface area contributed by atoms with Gasteiger partial charge in [-0.1, -0.05) is 8.58 Å². The summed E-state index contributed by atoms with van der Waals surface area (Å²) in [6.07, 6.45) is 0. The van der Waals surface area contributed by atoms with E-state index in [2.05, 4.69) is 0 Å². The number of aryl methyl sites for hydroxylation is 2. The molecule has 1 atom stereocenters. The average Bonchev–Trinajstić information content (AvgIpc) is 2.26. The van der Waals surface area contributed by atoms with Crippen molar-refractivity contribution < 1.29 is 4.52 Å². The summed E-state index contributed by atoms with van der Waals surface area (Å²) in [6, 6.07) is 0. The van der Waals surface area contributed by atoms with Crippen molar-refractivity contribution in [3.63, 3.8) is 0 Å². The molecule has 1 unspecified atom stereocenters. The van der Waals surface area contributed by atoms with Gasteiger partial charge < -0.3 is 4.52 Å². The van der Waals surface area contributed by atoms with Gasteiger partial charge in [-0.2, -0.15) is 4.74 Å². The number of hydrogen-bond donors (Lipinski definition) is 0. The molecule has 0 bridgehead atoms. The Balaban J connectivity index is 3.25. The highest BCUT2D eigenvalue weighted by atomic mass is 31.1. The van der Waals surface area contributed by atoms with E-state index in [1.807, 2.05) is 20.5 Å². The molecular formula is C7H12NO2P. The lowest BCUT2D eigenvalue weighted by molar-refractivity contribution is 0.257. The van der Waals surface area contributed by atoms with Crippen molar-refractivity contribution in [2.45, 2.75) is 20.4 Å². The minimum Gasteiger partial charge on any atom is -0.381 e. The third-order valence-corrected chi connectivity index (χ3v) is 2.64. The molecule has 0 aliphatic rings. The molecule has 0 N–H and O–H groups in total. The van der Waals surface area contributed by atoms with Gasteiger partial charge in [0.25, 0.3) is 5.56 Å². The normalized spacial score (nSPS) is 11.5. The first-order valence-corrected chi connectivity index (χ1v) is 5.09. The molecule has 0 amide bonds. The maximum Gasteiger partial charge on any atom is 0.290 e. The van der Waals surface area contributed by atoms with Gasteiger partial charge >= 0.3 is 0 Å². The van der Waals surface area contributed by atoms with Gasteiger partial charge in [0.2, 0.25) is 0 Å². The third kappa shape index (κ3) is 1.38. The van der Waals surface area contributed by atoms with Crippen molar-refractivity contribution in [3.8, 4) is 0 Å². The van der Waals surface area contributed by atoms with Crippen LogP contribution < -0.4 is 10.9 Å². The SMILES string of the molecule is CCn1oc(C)c(PC)c1=O. The average molecular weight is 173 g/mol. The lowest BCUT2D eigenvalue weighted by Gasteiger charge is -1.88. The molecular weight excluding hydrogens is 161 g/mol. The topological polar surface area (TPSA) is 35.1 Å². The highest BCUT2D eigenvalue weighted by Gasteiger charge is 2.09. The first-order chi connectivity index (χ1) is 5.20. The van der Waals surface area contributed by atoms with Gasteiger partial charge in [-0.25, -0.2) is 0 Å². The van der Waals surface area contributed by atoms with Gasteiger partial charge in [-0.3, -0.25) is 4.79 Å². The molecule has 1 aromatic heterocycles. The second-order valence-corrected chi connectivity index (χ2v) is 3.27. The molecule has 3 nitrogen and oxygen atoms in total. The molecule has 0 fully saturated rings. The third-order valence-electron chi connectivity index (χ3n) is 1.58. The summed E-state index contributed by atoms with van der Waals surface area (Å²) in [5.74, 6) is 0.762. The van der Waals surface area contributed by atoms with Crippen LogP contribution in [-0.2, 0) is 6.54 Å². The van der Waals surface area contributed by atoms with Crippen LogP contribution in [0.15, 0.2) is 9.32 Å². The molecule has 11 heavy (non-hydrogen) atoms. The van der Waals surface area contributed by atoms with E-state index in [9.17, 15) is 4.79 Å². The van der Waals surface area contributed by atoms with Crippen molar-refractivity contribution in [1.82, 2.24) is 4.74 Å². The highest BCUT2D eigenvalue weighted by molar-refractivity contribution is 7.46. The van der Waals surface area contributed by atoms with Crippen LogP contribution in [-0.4, -0.2) is 11.4 Å². The van der Waals surface area contributed by atoms with Crippen LogP contribution in [0.5, 0.6) is 0 Å². The quantitative estimate of drug-likeness (QED) is 0.617. The van der Waals surface area contributed by atoms with Crippen LogP contribution in [0.3, 0.4) is 0 Å². The molecule has 1 heterocycles. The second kappa shape index (κ2) is 3.22. The molecule has 1 aromatic rings. The van der Waals surface area contributed by atoms with E-state index in [4.69, 9.17) is 4.52 Å². The smallest absolute Gasteiger partial charge is 0.290 e. The molecule has 0 aromatic carbocycles. The number of nitrogens with zero attached hydrogens (tertiary/aromatic N) is 1. The monoisotopic (exact) mass is 173 g/mol. The Morgan fingerprint density at radius 3 is 2.55 bits per heavy atom. The summed E-state index contributed by atoms with van der Waals surface area (Å²) >= 11 is 0. The molecule has 62 valence electrons. The first-order valence-electron chi connectivity index (χ1n) is 3.59. The molecule has 0 saturated heterocycles. The molecule has 0 radical (unpaired) electrons. The van der Waals surface area contributed by atoms with Crippen molar-refractivity contribution >= 4 is 13.9 Å². The Morgan fingerprint density at radius 2 is 2.27 bits per heavy atom. The Bertz CT molecular complexity index is 300. The fraction of sp³-hybridized carbons (Fsp3) is 0.571. The zero-order valence-electron chi connectivity index (χ0n) is 6.97. The second-order valence-electron chi connectivity index (χ2n) is 2.27. The van der Waals surface area contributed by atoms with Gasteiger partial charge in [0.15, 0.2) is 0 Å². The van der Waals surface area contributed by atoms with Crippen molar-refractivity contribution in [2.75, 3.05) is 6.66 Å². The maximum atomic E-state index is 11.3. The van der Waals surface area contributed by atoms with Crippen LogP contribution in [0.25, 0.3) is 0 Å². The Kier molecular flexibility index (Phi) is 2.50. The van der Waals surface area contributed by atoms with Crippen LogP contribution in [0.2, 0.25) is 0 Å². The molecule has 0 aliphatic heterocycles. The predicted octanol–water partition coefficient (Wildman–Crippen LogP) is 0.703. The van der Waals surface area contributed by atoms with Crippen LogP contribution in [0.1, 0.15) is 12.7 Å². The van der Waals surface area contributed by atoms with Gasteiger partial charge in [-0.05, 0) is 20.5 Å². The largest absolute Gasteiger partial charge is 0.381 e. The van der Waals surface area contributed by atoms with E-state index in [0.717, 1.165) is 11.1 Å². The van der Waals surface area contributed by atoms with Gasteiger partial charge in [-0.15, -0.1) is 0 Å². The standard InChI is InChI=1S/C7H12NO2P/c1-4-8-7(9)6(11-3)5(2)10-8/h11H,4H2,1-3H3. The maximum absolute atomic E-state index is 11.3. The molecule has 1 rings (SSSR count). The summed E-state index contributed by atoms with van der Waals surface area (Å²) in [4.78, 5) is 11.3. The summed E-state index contributed by atoms with van der Waals surface area (Å²) in [5, 5.41) is 0.826. The van der Waals surface area contributed by atoms with Crippen molar-refractivity contribution in [1.29, 1.82) is 0 Å². The van der Waals surface area contributed by atoms with Crippen molar-refractivity contribution in [2.24, 2.45) is 0 Å². The zero-order valence-corrected chi connectivity index (χ0v) is 7.97. The lowest BCUT2D eigenvalue weighted by atomic mass is 10.5. The molecule has 0 aliphatic carbocycles. The fourth-order valence-corrected chi connectivity index (χ4v) is 1.76. The van der Waals surface area contributed by atoms with E-state index in [0.29, 0.717) is 15.1 Å². The minimum absolute atomic E-state index is 0.0332. The fourth-order valence-electron chi connectivity index (χ4n) is 1.02. The Morgan fingerprint density at radius 1 is 1.64 bits per heavy atom. The Hall–Kier alpha value is -0.560. The van der Waals surface area contributed by atoms with Crippen molar-refractivity contribution in [3.05, 3.63) is 16.1 Å². The summed E-state index contributed by atoms with van der Waals surface area (Å²) in [5.41, 5.74) is 0.0332. The van der Waals surface area contributed by atoms with E-state index in [1.165, 1.54) is 4.74 Å². The zero-order chi connectivity index (χ0) is 8.43. The van der Waals surface area contributed by atoms with E-state index in [1.54, 1.807) is 0 Å². The number of hydrogen-bond acceptors (Lipinski definition) is 2. The molecule has 0 saturated carbocycles. The number of aromatic nitrogens is 1. The van der Waals surface area contributed by atoms with Crippen LogP contribution in [0, 0.1) is 6.92 Å². The lowest BCUT2D eigenvalue weighted by Crippen LogP contribution is -2.24. The minimum atomic E-state index is 0.0332. The molecule has 0 spiro atoms. The summed E-state index contributed by atoms with van der Waals surface area (Å²) in [7, 11) is 0.524. The highest BCUT2D eigenvalue weighted by Crippen LogP contribution is 2.04. The van der Waals surface area contributed by atoms with Crippen LogP contribution in [0.4, 0.5) is 0 Å².